The first-order chi connectivity index (χ1) is 9.45. The quantitative estimate of drug-likeness (QED) is 0.794. The largest absolute Gasteiger partial charge is 0.481 e. The van der Waals surface area contributed by atoms with Gasteiger partial charge in [-0.1, -0.05) is 0 Å². The van der Waals surface area contributed by atoms with Crippen LogP contribution in [0.25, 0.3) is 5.57 Å². The maximum Gasteiger partial charge on any atom is 0.212 e. The Morgan fingerprint density at radius 1 is 1.35 bits per heavy atom. The van der Waals surface area contributed by atoms with Crippen molar-refractivity contribution in [2.75, 3.05) is 20.2 Å². The van der Waals surface area contributed by atoms with Crippen LogP contribution >= 0.6 is 0 Å². The first-order valence-electron chi connectivity index (χ1n) is 6.88. The van der Waals surface area contributed by atoms with Crippen molar-refractivity contribution in [3.8, 4) is 5.88 Å². The van der Waals surface area contributed by atoms with Crippen LogP contribution in [0, 0.1) is 0 Å². The molecule has 0 amide bonds. The predicted molar refractivity (Wildman–Crippen MR) is 79.7 cm³/mol. The Hall–Kier alpha value is -1.68. The summed E-state index contributed by atoms with van der Waals surface area (Å²) < 4.78 is 5.08. The van der Waals surface area contributed by atoms with Gasteiger partial charge in [0.15, 0.2) is 0 Å². The molecule has 4 nitrogen and oxygen atoms in total. The van der Waals surface area contributed by atoms with E-state index in [0.717, 1.165) is 42.5 Å². The summed E-state index contributed by atoms with van der Waals surface area (Å²) in [4.78, 5) is 17.9. The monoisotopic (exact) mass is 274 g/mol. The van der Waals surface area contributed by atoms with Crippen molar-refractivity contribution in [2.45, 2.75) is 32.7 Å². The van der Waals surface area contributed by atoms with Gasteiger partial charge in [-0.3, -0.25) is 9.69 Å². The lowest BCUT2D eigenvalue weighted by Gasteiger charge is -2.39. The molecule has 0 N–H and O–H groups in total. The van der Waals surface area contributed by atoms with Crippen LogP contribution in [0.4, 0.5) is 0 Å². The number of aldehydes is 1. The fourth-order valence-corrected chi connectivity index (χ4v) is 2.44. The smallest absolute Gasteiger partial charge is 0.212 e. The zero-order valence-electron chi connectivity index (χ0n) is 12.6. The topological polar surface area (TPSA) is 42.4 Å². The van der Waals surface area contributed by atoms with Gasteiger partial charge in [-0.25, -0.2) is 4.98 Å². The summed E-state index contributed by atoms with van der Waals surface area (Å²) in [6.45, 7) is 8.30. The van der Waals surface area contributed by atoms with Gasteiger partial charge in [0.1, 0.15) is 6.29 Å². The fraction of sp³-hybridized carbons (Fsp3) is 0.500. The maximum absolute atomic E-state index is 11.3. The first kappa shape index (κ1) is 14.7. The molecule has 4 heteroatoms. The molecule has 0 unspecified atom stereocenters. The first-order valence-corrected chi connectivity index (χ1v) is 6.88. The SMILES string of the molecule is COc1ccc(C2=C(C=O)CCN(C(C)(C)C)C2)cn1. The fourth-order valence-electron chi connectivity index (χ4n) is 2.44. The van der Waals surface area contributed by atoms with Gasteiger partial charge >= 0.3 is 0 Å². The van der Waals surface area contributed by atoms with Crippen LogP contribution in [-0.2, 0) is 4.79 Å². The van der Waals surface area contributed by atoms with E-state index in [1.165, 1.54) is 0 Å². The molecular weight excluding hydrogens is 252 g/mol. The van der Waals surface area contributed by atoms with Crippen LogP contribution in [0.5, 0.6) is 5.88 Å². The minimum absolute atomic E-state index is 0.0968. The lowest BCUT2D eigenvalue weighted by Crippen LogP contribution is -2.45. The van der Waals surface area contributed by atoms with E-state index in [0.29, 0.717) is 5.88 Å². The standard InChI is InChI=1S/C16H22N2O2/c1-16(2,3)18-8-7-13(11-19)14(10-18)12-5-6-15(20-4)17-9-12/h5-6,9,11H,7-8,10H2,1-4H3. The summed E-state index contributed by atoms with van der Waals surface area (Å²) in [5.74, 6) is 0.588. The van der Waals surface area contributed by atoms with Gasteiger partial charge in [0.05, 0.1) is 7.11 Å². The van der Waals surface area contributed by atoms with E-state index in [4.69, 9.17) is 4.74 Å². The normalized spacial score (nSPS) is 17.2. The van der Waals surface area contributed by atoms with Gasteiger partial charge in [-0.2, -0.15) is 0 Å². The molecule has 0 atom stereocenters. The zero-order valence-corrected chi connectivity index (χ0v) is 12.6. The van der Waals surface area contributed by atoms with E-state index >= 15 is 0 Å². The van der Waals surface area contributed by atoms with Crippen LogP contribution < -0.4 is 4.74 Å². The Kier molecular flexibility index (Phi) is 4.23. The van der Waals surface area contributed by atoms with Crippen molar-refractivity contribution in [1.82, 2.24) is 9.88 Å². The van der Waals surface area contributed by atoms with Gasteiger partial charge in [-0.05, 0) is 50.0 Å². The molecule has 0 spiro atoms. The average Bonchev–Trinajstić information content (AvgIpc) is 2.45. The van der Waals surface area contributed by atoms with Crippen molar-refractivity contribution >= 4 is 11.9 Å². The van der Waals surface area contributed by atoms with E-state index in [1.807, 2.05) is 12.1 Å². The highest BCUT2D eigenvalue weighted by molar-refractivity contribution is 5.89. The number of rotatable bonds is 3. The van der Waals surface area contributed by atoms with Crippen LogP contribution in [0.3, 0.4) is 0 Å². The van der Waals surface area contributed by atoms with Gasteiger partial charge in [-0.15, -0.1) is 0 Å². The van der Waals surface area contributed by atoms with Crippen LogP contribution in [-0.4, -0.2) is 41.9 Å². The minimum Gasteiger partial charge on any atom is -0.481 e. The highest BCUT2D eigenvalue weighted by atomic mass is 16.5. The Balaban J connectivity index is 2.33. The lowest BCUT2D eigenvalue weighted by molar-refractivity contribution is -0.105. The van der Waals surface area contributed by atoms with E-state index in [9.17, 15) is 4.79 Å². The average molecular weight is 274 g/mol. The number of nitrogens with zero attached hydrogens (tertiary/aromatic N) is 2. The summed E-state index contributed by atoms with van der Waals surface area (Å²) in [5.41, 5.74) is 3.06. The third kappa shape index (κ3) is 3.07. The van der Waals surface area contributed by atoms with Crippen molar-refractivity contribution in [3.05, 3.63) is 29.5 Å². The molecule has 1 aromatic heterocycles. The number of aromatic nitrogens is 1. The van der Waals surface area contributed by atoms with Gasteiger partial charge in [0, 0.05) is 30.9 Å². The Morgan fingerprint density at radius 2 is 2.10 bits per heavy atom. The molecule has 0 saturated heterocycles. The molecule has 0 bridgehead atoms. The Labute approximate surface area is 120 Å². The maximum atomic E-state index is 11.3. The number of carbonyl (C=O) groups is 1. The highest BCUT2D eigenvalue weighted by Crippen LogP contribution is 2.29. The van der Waals surface area contributed by atoms with Crippen molar-refractivity contribution in [3.63, 3.8) is 0 Å². The molecule has 1 aliphatic heterocycles. The molecule has 2 heterocycles. The molecule has 20 heavy (non-hydrogen) atoms. The second kappa shape index (κ2) is 5.75. The lowest BCUT2D eigenvalue weighted by atomic mass is 9.92. The van der Waals surface area contributed by atoms with Gasteiger partial charge in [0.25, 0.3) is 0 Å². The van der Waals surface area contributed by atoms with E-state index in [1.54, 1.807) is 13.3 Å². The number of hydrogen-bond acceptors (Lipinski definition) is 4. The highest BCUT2D eigenvalue weighted by Gasteiger charge is 2.27. The van der Waals surface area contributed by atoms with Crippen LogP contribution in [0.15, 0.2) is 23.9 Å². The molecule has 2 rings (SSSR count). The van der Waals surface area contributed by atoms with Gasteiger partial charge in [0.2, 0.25) is 5.88 Å². The molecule has 108 valence electrons. The van der Waals surface area contributed by atoms with Crippen LogP contribution in [0.2, 0.25) is 0 Å². The number of carbonyl (C=O) groups excluding carboxylic acids is 1. The third-order valence-corrected chi connectivity index (χ3v) is 3.77. The number of ether oxygens (including phenoxy) is 1. The molecule has 1 aromatic rings. The molecule has 0 fully saturated rings. The summed E-state index contributed by atoms with van der Waals surface area (Å²) in [7, 11) is 1.60. The molecular formula is C16H22N2O2. The number of methoxy groups -OCH3 is 1. The second-order valence-electron chi connectivity index (χ2n) is 6.05. The second-order valence-corrected chi connectivity index (χ2v) is 6.05. The van der Waals surface area contributed by atoms with Crippen molar-refractivity contribution in [2.24, 2.45) is 0 Å². The summed E-state index contributed by atoms with van der Waals surface area (Å²) in [6, 6.07) is 3.80. The molecule has 0 radical (unpaired) electrons. The van der Waals surface area contributed by atoms with Crippen molar-refractivity contribution in [1.29, 1.82) is 0 Å². The number of pyridine rings is 1. The molecule has 0 aromatic carbocycles. The minimum atomic E-state index is 0.0968. The molecule has 0 aliphatic carbocycles. The van der Waals surface area contributed by atoms with E-state index in [-0.39, 0.29) is 5.54 Å². The van der Waals surface area contributed by atoms with Crippen molar-refractivity contribution < 1.29 is 9.53 Å². The predicted octanol–water partition coefficient (Wildman–Crippen LogP) is 2.55. The molecule has 1 aliphatic rings. The van der Waals surface area contributed by atoms with E-state index in [2.05, 4.69) is 30.7 Å². The Bertz CT molecular complexity index is 512. The summed E-state index contributed by atoms with van der Waals surface area (Å²) in [6.07, 6.45) is 3.56. The third-order valence-electron chi connectivity index (χ3n) is 3.77. The summed E-state index contributed by atoms with van der Waals surface area (Å²) in [5, 5.41) is 0. The Morgan fingerprint density at radius 3 is 2.60 bits per heavy atom. The van der Waals surface area contributed by atoms with Gasteiger partial charge < -0.3 is 4.74 Å². The summed E-state index contributed by atoms with van der Waals surface area (Å²) >= 11 is 0. The number of hydrogen-bond donors (Lipinski definition) is 0. The van der Waals surface area contributed by atoms with E-state index < -0.39 is 0 Å². The molecule has 0 saturated carbocycles. The van der Waals surface area contributed by atoms with Crippen LogP contribution in [0.1, 0.15) is 32.8 Å². The zero-order chi connectivity index (χ0) is 14.8.